The van der Waals surface area contributed by atoms with Gasteiger partial charge in [0.15, 0.2) is 5.13 Å². The van der Waals surface area contributed by atoms with Crippen LogP contribution >= 0.6 is 11.3 Å². The molecule has 0 aliphatic carbocycles. The molecule has 178 valence electrons. The Kier molecular flexibility index (Phi) is 7.14. The second kappa shape index (κ2) is 10.2. The highest BCUT2D eigenvalue weighted by atomic mass is 32.1. The predicted octanol–water partition coefficient (Wildman–Crippen LogP) is 3.17. The van der Waals surface area contributed by atoms with Gasteiger partial charge in [-0.2, -0.15) is 0 Å². The van der Waals surface area contributed by atoms with Crippen molar-refractivity contribution in [1.29, 1.82) is 0 Å². The summed E-state index contributed by atoms with van der Waals surface area (Å²) in [5.74, 6) is -0.318. The number of benzene rings is 1. The minimum absolute atomic E-state index is 0.197. The number of imidazole rings is 1. The first-order chi connectivity index (χ1) is 16.5. The summed E-state index contributed by atoms with van der Waals surface area (Å²) in [4.78, 5) is 32.7. The van der Waals surface area contributed by atoms with Gasteiger partial charge in [-0.1, -0.05) is 37.8 Å². The van der Waals surface area contributed by atoms with Gasteiger partial charge in [0.25, 0.3) is 5.91 Å². The fourth-order valence-corrected chi connectivity index (χ4v) is 5.02. The smallest absolute Gasteiger partial charge is 0.335 e. The normalized spacial score (nSPS) is 17.3. The van der Waals surface area contributed by atoms with Crippen LogP contribution in [0.3, 0.4) is 0 Å². The summed E-state index contributed by atoms with van der Waals surface area (Å²) < 4.78 is 3.12. The van der Waals surface area contributed by atoms with E-state index in [9.17, 15) is 9.59 Å². The lowest BCUT2D eigenvalue weighted by atomic mass is 10.1. The molecule has 1 saturated heterocycles. The summed E-state index contributed by atoms with van der Waals surface area (Å²) in [6.07, 6.45) is 6.58. The topological polar surface area (TPSA) is 84.2 Å². The quantitative estimate of drug-likeness (QED) is 0.510. The van der Waals surface area contributed by atoms with E-state index < -0.39 is 0 Å². The number of hydrogen-bond donors (Lipinski definition) is 2. The number of carbonyl (C=O) groups is 1. The molecule has 1 unspecified atom stereocenters. The van der Waals surface area contributed by atoms with Crippen molar-refractivity contribution in [1.82, 2.24) is 29.7 Å². The Bertz CT molecular complexity index is 1330. The van der Waals surface area contributed by atoms with Crippen LogP contribution in [0.25, 0.3) is 16.2 Å². The van der Waals surface area contributed by atoms with Crippen molar-refractivity contribution >= 4 is 28.3 Å². The van der Waals surface area contributed by atoms with E-state index in [-0.39, 0.29) is 17.3 Å². The maximum absolute atomic E-state index is 13.1. The summed E-state index contributed by atoms with van der Waals surface area (Å²) in [5, 5.41) is 8.68. The Balaban J connectivity index is 1.59. The predicted molar refractivity (Wildman–Crippen MR) is 137 cm³/mol. The second-order valence-electron chi connectivity index (χ2n) is 8.13. The van der Waals surface area contributed by atoms with E-state index in [1.54, 1.807) is 27.6 Å². The van der Waals surface area contributed by atoms with E-state index in [0.717, 1.165) is 42.8 Å². The molecule has 8 nitrogen and oxygen atoms in total. The van der Waals surface area contributed by atoms with Gasteiger partial charge in [-0.25, -0.2) is 14.3 Å². The third kappa shape index (κ3) is 4.49. The number of nitrogens with zero attached hydrogens (tertiary/aromatic N) is 4. The van der Waals surface area contributed by atoms with Gasteiger partial charge in [0.1, 0.15) is 5.69 Å². The van der Waals surface area contributed by atoms with Crippen molar-refractivity contribution < 1.29 is 4.79 Å². The van der Waals surface area contributed by atoms with Crippen molar-refractivity contribution in [2.75, 3.05) is 19.6 Å². The molecular weight excluding hydrogens is 448 g/mol. The van der Waals surface area contributed by atoms with Crippen molar-refractivity contribution in [3.63, 3.8) is 0 Å². The number of amides is 1. The zero-order chi connectivity index (χ0) is 24.2. The lowest BCUT2D eigenvalue weighted by molar-refractivity contribution is 0.0960. The first-order valence-corrected chi connectivity index (χ1v) is 12.3. The Morgan fingerprint density at radius 2 is 2.12 bits per heavy atom. The molecule has 3 heterocycles. The standard InChI is InChI=1S/C25H30N6O2S/c1-5-10-20(30-14-13-26-17(6-2)15-30)18(7-3)27-23(32)19-16-34-24(28-19)31-22-12-9-8-11-21(22)29(4)25(31)33/h5,7-12,16-17,26H,1,6,13-15H2,2-4H3,(H,27,32)/b18-7+,20-10+. The maximum atomic E-state index is 13.1. The summed E-state index contributed by atoms with van der Waals surface area (Å²) in [6, 6.07) is 7.93. The first-order valence-electron chi connectivity index (χ1n) is 11.4. The zero-order valence-electron chi connectivity index (χ0n) is 19.7. The third-order valence-corrected chi connectivity index (χ3v) is 6.88. The fourth-order valence-electron chi connectivity index (χ4n) is 4.21. The van der Waals surface area contributed by atoms with Crippen LogP contribution in [0.5, 0.6) is 0 Å². The van der Waals surface area contributed by atoms with Gasteiger partial charge in [-0.3, -0.25) is 9.36 Å². The third-order valence-electron chi connectivity index (χ3n) is 6.06. The molecule has 1 fully saturated rings. The highest BCUT2D eigenvalue weighted by Crippen LogP contribution is 2.21. The molecule has 1 atom stereocenters. The number of aromatic nitrogens is 3. The van der Waals surface area contributed by atoms with E-state index in [4.69, 9.17) is 0 Å². The van der Waals surface area contributed by atoms with Crippen LogP contribution in [0, 0.1) is 0 Å². The van der Waals surface area contributed by atoms with Gasteiger partial charge in [0.05, 0.1) is 22.4 Å². The van der Waals surface area contributed by atoms with Crippen LogP contribution in [0.4, 0.5) is 0 Å². The van der Waals surface area contributed by atoms with Gasteiger partial charge >= 0.3 is 5.69 Å². The molecule has 1 aliphatic rings. The molecule has 0 spiro atoms. The molecule has 1 amide bonds. The number of para-hydroxylation sites is 2. The van der Waals surface area contributed by atoms with Crippen molar-refractivity contribution in [3.05, 3.63) is 82.0 Å². The molecule has 9 heteroatoms. The average molecular weight is 479 g/mol. The molecule has 34 heavy (non-hydrogen) atoms. The van der Waals surface area contributed by atoms with Gasteiger partial charge in [0, 0.05) is 38.1 Å². The van der Waals surface area contributed by atoms with Crippen molar-refractivity contribution in [2.45, 2.75) is 26.3 Å². The number of nitrogens with one attached hydrogen (secondary N) is 2. The van der Waals surface area contributed by atoms with E-state index in [2.05, 4.69) is 34.0 Å². The van der Waals surface area contributed by atoms with Crippen LogP contribution in [-0.4, -0.2) is 50.6 Å². The Labute approximate surface area is 202 Å². The van der Waals surface area contributed by atoms with Gasteiger partial charge in [-0.15, -0.1) is 11.3 Å². The molecule has 1 aliphatic heterocycles. The Morgan fingerprint density at radius 1 is 1.35 bits per heavy atom. The first kappa shape index (κ1) is 23.7. The monoisotopic (exact) mass is 478 g/mol. The van der Waals surface area contributed by atoms with Crippen LogP contribution in [-0.2, 0) is 7.05 Å². The number of carbonyl (C=O) groups excluding carboxylic acids is 1. The molecule has 0 saturated carbocycles. The van der Waals surface area contributed by atoms with Crippen molar-refractivity contribution in [2.24, 2.45) is 7.05 Å². The number of piperazine rings is 1. The maximum Gasteiger partial charge on any atom is 0.335 e. The van der Waals surface area contributed by atoms with Crippen LogP contribution in [0.2, 0.25) is 0 Å². The van der Waals surface area contributed by atoms with Crippen LogP contribution in [0.1, 0.15) is 30.8 Å². The van der Waals surface area contributed by atoms with E-state index in [0.29, 0.717) is 16.9 Å². The number of aryl methyl sites for hydroxylation is 1. The number of hydrogen-bond acceptors (Lipinski definition) is 6. The van der Waals surface area contributed by atoms with Crippen molar-refractivity contribution in [3.8, 4) is 5.13 Å². The van der Waals surface area contributed by atoms with E-state index >= 15 is 0 Å². The van der Waals surface area contributed by atoms with E-state index in [1.165, 1.54) is 11.3 Å². The molecule has 4 rings (SSSR count). The Hall–Kier alpha value is -3.43. The zero-order valence-corrected chi connectivity index (χ0v) is 20.6. The number of thiazole rings is 1. The van der Waals surface area contributed by atoms with Gasteiger partial charge < -0.3 is 15.5 Å². The minimum atomic E-state index is -0.318. The summed E-state index contributed by atoms with van der Waals surface area (Å²) >= 11 is 1.27. The molecule has 3 aromatic rings. The van der Waals surface area contributed by atoms with Crippen LogP contribution < -0.4 is 16.3 Å². The lowest BCUT2D eigenvalue weighted by Gasteiger charge is -2.37. The molecule has 0 radical (unpaired) electrons. The number of allylic oxidation sites excluding steroid dienone is 3. The fraction of sp³-hybridized carbons (Fsp3) is 0.320. The highest BCUT2D eigenvalue weighted by molar-refractivity contribution is 7.12. The summed E-state index contributed by atoms with van der Waals surface area (Å²) in [7, 11) is 1.73. The Morgan fingerprint density at radius 3 is 2.82 bits per heavy atom. The van der Waals surface area contributed by atoms with E-state index in [1.807, 2.05) is 43.3 Å². The molecule has 2 aromatic heterocycles. The number of rotatable bonds is 7. The minimum Gasteiger partial charge on any atom is -0.367 e. The van der Waals surface area contributed by atoms with Gasteiger partial charge in [0.2, 0.25) is 0 Å². The lowest BCUT2D eigenvalue weighted by Crippen LogP contribution is -2.50. The molecule has 1 aromatic carbocycles. The highest BCUT2D eigenvalue weighted by Gasteiger charge is 2.23. The second-order valence-corrected chi connectivity index (χ2v) is 8.97. The summed E-state index contributed by atoms with van der Waals surface area (Å²) in [5.41, 5.74) is 3.27. The summed E-state index contributed by atoms with van der Waals surface area (Å²) in [6.45, 7) is 10.5. The largest absolute Gasteiger partial charge is 0.367 e. The SMILES string of the molecule is C=C/C=C(\C(=C/C)NC(=O)c1csc(-n2c(=O)n(C)c3ccccc32)n1)N1CCNC(CC)C1. The van der Waals surface area contributed by atoms with Crippen LogP contribution in [0.15, 0.2) is 70.6 Å². The molecule has 2 N–H and O–H groups in total. The molecular formula is C25H30N6O2S. The number of fused-ring (bicyclic) bond motifs is 1. The molecule has 0 bridgehead atoms. The van der Waals surface area contributed by atoms with Gasteiger partial charge in [-0.05, 0) is 31.6 Å². The average Bonchev–Trinajstić information content (AvgIpc) is 3.44.